The first-order valence-electron chi connectivity index (χ1n) is 14.7. The first-order valence-corrected chi connectivity index (χ1v) is 14.7. The zero-order valence-corrected chi connectivity index (χ0v) is 23.7. The molecule has 7 heteroatoms. The lowest BCUT2D eigenvalue weighted by Gasteiger charge is -2.11. The Balaban J connectivity index is 1.24. The quantitative estimate of drug-likeness (QED) is 0.207. The molecule has 0 fully saturated rings. The number of para-hydroxylation sites is 3. The van der Waals surface area contributed by atoms with Gasteiger partial charge in [0.05, 0.1) is 11.0 Å². The van der Waals surface area contributed by atoms with Crippen LogP contribution in [-0.4, -0.2) is 24.5 Å². The zero-order valence-electron chi connectivity index (χ0n) is 23.7. The van der Waals surface area contributed by atoms with E-state index < -0.39 is 0 Å². The van der Waals surface area contributed by atoms with Gasteiger partial charge in [-0.15, -0.1) is 0 Å². The van der Waals surface area contributed by atoms with E-state index in [4.69, 9.17) is 23.8 Å². The second-order valence-electron chi connectivity index (χ2n) is 11.1. The van der Waals surface area contributed by atoms with Gasteiger partial charge < -0.3 is 8.83 Å². The largest absolute Gasteiger partial charge is 0.456 e. The van der Waals surface area contributed by atoms with Gasteiger partial charge in [0.1, 0.15) is 22.3 Å². The highest BCUT2D eigenvalue weighted by Gasteiger charge is 2.19. The highest BCUT2D eigenvalue weighted by molar-refractivity contribution is 6.09. The Hall–Kier alpha value is -6.34. The summed E-state index contributed by atoms with van der Waals surface area (Å²) >= 11 is 0. The molecule has 210 valence electrons. The minimum Gasteiger partial charge on any atom is -0.456 e. The molecule has 0 amide bonds. The minimum absolute atomic E-state index is 0.533. The number of rotatable bonds is 3. The summed E-state index contributed by atoms with van der Waals surface area (Å²) in [4.78, 5) is 19.5. The van der Waals surface area contributed by atoms with Gasteiger partial charge in [0.2, 0.25) is 5.95 Å². The maximum absolute atomic E-state index is 6.23. The van der Waals surface area contributed by atoms with Gasteiger partial charge in [0, 0.05) is 55.8 Å². The maximum Gasteiger partial charge on any atom is 0.238 e. The van der Waals surface area contributed by atoms with Crippen molar-refractivity contribution in [2.24, 2.45) is 0 Å². The molecule has 7 nitrogen and oxygen atoms in total. The molecule has 0 unspecified atom stereocenters. The normalized spacial score (nSPS) is 12.0. The van der Waals surface area contributed by atoms with Crippen LogP contribution in [0.15, 0.2) is 136 Å². The zero-order chi connectivity index (χ0) is 29.5. The summed E-state index contributed by atoms with van der Waals surface area (Å²) in [6.07, 6.45) is 3.57. The lowest BCUT2D eigenvalue weighted by atomic mass is 10.1. The molecule has 0 bridgehead atoms. The first-order chi connectivity index (χ1) is 22.3. The molecule has 10 rings (SSSR count). The molecule has 0 aliphatic heterocycles. The Morgan fingerprint density at radius 3 is 1.64 bits per heavy atom. The Morgan fingerprint density at radius 1 is 0.444 bits per heavy atom. The van der Waals surface area contributed by atoms with Crippen LogP contribution in [0.4, 0.5) is 0 Å². The number of furan rings is 2. The molecule has 0 atom stereocenters. The van der Waals surface area contributed by atoms with Crippen LogP contribution in [0.25, 0.3) is 94.4 Å². The van der Waals surface area contributed by atoms with Crippen LogP contribution in [0.2, 0.25) is 0 Å². The van der Waals surface area contributed by atoms with Gasteiger partial charge in [-0.05, 0) is 48.5 Å². The van der Waals surface area contributed by atoms with E-state index in [9.17, 15) is 0 Å². The van der Waals surface area contributed by atoms with Gasteiger partial charge in [0.25, 0.3) is 0 Å². The maximum atomic E-state index is 6.23. The Labute approximate surface area is 255 Å². The highest BCUT2D eigenvalue weighted by atomic mass is 16.3. The van der Waals surface area contributed by atoms with E-state index in [1.54, 1.807) is 6.20 Å². The highest BCUT2D eigenvalue weighted by Crippen LogP contribution is 2.35. The molecule has 0 saturated heterocycles. The molecule has 5 aromatic carbocycles. The number of hydrogen-bond acceptors (Lipinski definition) is 6. The molecule has 10 aromatic rings. The van der Waals surface area contributed by atoms with Gasteiger partial charge in [-0.2, -0.15) is 9.97 Å². The number of aromatic nitrogens is 5. The van der Waals surface area contributed by atoms with E-state index in [2.05, 4.69) is 64.1 Å². The molecule has 0 radical (unpaired) electrons. The summed E-state index contributed by atoms with van der Waals surface area (Å²) in [5.41, 5.74) is 6.88. The number of benzene rings is 5. The standard InChI is InChI=1S/C38H21N5O2/c1-4-10-30-24(7-1)25-8-2-5-11-31(25)43(30)38-41-36(22-13-15-27-26-9-3-6-12-32(26)44-34(27)19-22)40-37(42-38)23-14-16-28-29-21-39-18-17-33(29)45-35(28)20-23/h1-21H. The van der Waals surface area contributed by atoms with E-state index in [0.717, 1.165) is 76.8 Å². The fraction of sp³-hybridized carbons (Fsp3) is 0. The summed E-state index contributed by atoms with van der Waals surface area (Å²) in [6, 6.07) is 38.8. The molecule has 0 aliphatic rings. The van der Waals surface area contributed by atoms with Crippen LogP contribution in [-0.2, 0) is 0 Å². The fourth-order valence-corrected chi connectivity index (χ4v) is 6.49. The SMILES string of the molecule is c1ccc2c(c1)oc1cc(-c3nc(-c4ccc5c(c4)oc4ccncc45)nc(-n4c5ccccc5c5ccccc54)n3)ccc12. The van der Waals surface area contributed by atoms with Crippen molar-refractivity contribution >= 4 is 65.7 Å². The summed E-state index contributed by atoms with van der Waals surface area (Å²) < 4.78 is 14.5. The second-order valence-corrected chi connectivity index (χ2v) is 11.1. The van der Waals surface area contributed by atoms with Crippen LogP contribution >= 0.6 is 0 Å². The average molecular weight is 580 g/mol. The van der Waals surface area contributed by atoms with E-state index in [0.29, 0.717) is 17.6 Å². The minimum atomic E-state index is 0.533. The summed E-state index contributed by atoms with van der Waals surface area (Å²) in [7, 11) is 0. The molecule has 45 heavy (non-hydrogen) atoms. The van der Waals surface area contributed by atoms with E-state index in [-0.39, 0.29) is 0 Å². The van der Waals surface area contributed by atoms with Crippen LogP contribution in [0.3, 0.4) is 0 Å². The van der Waals surface area contributed by atoms with E-state index >= 15 is 0 Å². The number of nitrogens with zero attached hydrogens (tertiary/aromatic N) is 5. The van der Waals surface area contributed by atoms with E-state index in [1.807, 2.05) is 66.9 Å². The van der Waals surface area contributed by atoms with E-state index in [1.165, 1.54) is 0 Å². The summed E-state index contributed by atoms with van der Waals surface area (Å²) in [5.74, 6) is 1.63. The topological polar surface area (TPSA) is 82.8 Å². The third kappa shape index (κ3) is 3.58. The molecular weight excluding hydrogens is 558 g/mol. The van der Waals surface area contributed by atoms with Crippen molar-refractivity contribution in [3.8, 4) is 28.7 Å². The first kappa shape index (κ1) is 24.1. The molecule has 0 aliphatic carbocycles. The van der Waals surface area contributed by atoms with Crippen molar-refractivity contribution in [1.82, 2.24) is 24.5 Å². The van der Waals surface area contributed by atoms with Gasteiger partial charge in [-0.3, -0.25) is 9.55 Å². The molecule has 0 saturated carbocycles. The van der Waals surface area contributed by atoms with Crippen LogP contribution < -0.4 is 0 Å². The average Bonchev–Trinajstić information content (AvgIpc) is 3.77. The van der Waals surface area contributed by atoms with Gasteiger partial charge >= 0.3 is 0 Å². The van der Waals surface area contributed by atoms with Crippen molar-refractivity contribution in [1.29, 1.82) is 0 Å². The van der Waals surface area contributed by atoms with Crippen LogP contribution in [0, 0.1) is 0 Å². The molecular formula is C38H21N5O2. The number of fused-ring (bicyclic) bond motifs is 9. The van der Waals surface area contributed by atoms with Gasteiger partial charge in [-0.1, -0.05) is 66.7 Å². The summed E-state index contributed by atoms with van der Waals surface area (Å²) in [6.45, 7) is 0. The number of pyridine rings is 1. The molecule has 5 aromatic heterocycles. The Kier molecular flexibility index (Phi) is 4.87. The molecule has 0 N–H and O–H groups in total. The predicted molar refractivity (Wildman–Crippen MR) is 177 cm³/mol. The summed E-state index contributed by atoms with van der Waals surface area (Å²) in [5, 5.41) is 6.37. The number of hydrogen-bond donors (Lipinski definition) is 0. The lowest BCUT2D eigenvalue weighted by molar-refractivity contribution is 0.668. The van der Waals surface area contributed by atoms with Crippen molar-refractivity contribution < 1.29 is 8.83 Å². The van der Waals surface area contributed by atoms with Crippen molar-refractivity contribution in [2.45, 2.75) is 0 Å². The predicted octanol–water partition coefficient (Wildman–Crippen LogP) is 9.50. The molecule has 5 heterocycles. The van der Waals surface area contributed by atoms with Crippen LogP contribution in [0.1, 0.15) is 0 Å². The lowest BCUT2D eigenvalue weighted by Crippen LogP contribution is -2.06. The Morgan fingerprint density at radius 2 is 0.978 bits per heavy atom. The molecule has 0 spiro atoms. The van der Waals surface area contributed by atoms with Crippen LogP contribution in [0.5, 0.6) is 0 Å². The fourth-order valence-electron chi connectivity index (χ4n) is 6.49. The Bertz CT molecular complexity index is 2600. The third-order valence-corrected chi connectivity index (χ3v) is 8.57. The van der Waals surface area contributed by atoms with Gasteiger partial charge in [0.15, 0.2) is 11.6 Å². The smallest absolute Gasteiger partial charge is 0.238 e. The van der Waals surface area contributed by atoms with Gasteiger partial charge in [-0.25, -0.2) is 4.98 Å². The van der Waals surface area contributed by atoms with Crippen molar-refractivity contribution in [3.05, 3.63) is 128 Å². The van der Waals surface area contributed by atoms with Crippen molar-refractivity contribution in [2.75, 3.05) is 0 Å². The third-order valence-electron chi connectivity index (χ3n) is 8.57. The monoisotopic (exact) mass is 579 g/mol. The van der Waals surface area contributed by atoms with Crippen molar-refractivity contribution in [3.63, 3.8) is 0 Å². The second kappa shape index (κ2) is 9.08.